The first-order valence-electron chi connectivity index (χ1n) is 3.27. The molecule has 0 saturated carbocycles. The Bertz CT molecular complexity index is 205. The van der Waals surface area contributed by atoms with Gasteiger partial charge in [-0.3, -0.25) is 9.97 Å². The van der Waals surface area contributed by atoms with Crippen LogP contribution in [0.2, 0.25) is 0 Å². The van der Waals surface area contributed by atoms with Gasteiger partial charge < -0.3 is 0 Å². The van der Waals surface area contributed by atoms with Crippen molar-refractivity contribution in [2.75, 3.05) is 0 Å². The maximum Gasteiger partial charge on any atom is 0.0751 e. The quantitative estimate of drug-likeness (QED) is 0.566. The summed E-state index contributed by atoms with van der Waals surface area (Å²) in [6.07, 6.45) is 3.58. The van der Waals surface area contributed by atoms with Crippen LogP contribution in [-0.2, 0) is 0 Å². The Morgan fingerprint density at radius 1 is 1.30 bits per heavy atom. The minimum absolute atomic E-state index is 0.470. The molecule has 0 bridgehead atoms. The van der Waals surface area contributed by atoms with E-state index in [1.54, 1.807) is 6.20 Å². The van der Waals surface area contributed by atoms with Gasteiger partial charge in [-0.15, -0.1) is 0 Å². The summed E-state index contributed by atoms with van der Waals surface area (Å²) >= 11 is 0. The van der Waals surface area contributed by atoms with Gasteiger partial charge in [-0.25, -0.2) is 0 Å². The largest absolute Gasteiger partial charge is 0.257 e. The van der Waals surface area contributed by atoms with E-state index in [0.717, 1.165) is 11.1 Å². The van der Waals surface area contributed by atoms with Crippen LogP contribution in [-0.4, -0.2) is 9.97 Å². The molecule has 0 saturated heterocycles. The van der Waals surface area contributed by atoms with Gasteiger partial charge in [0.1, 0.15) is 0 Å². The van der Waals surface area contributed by atoms with E-state index in [4.69, 9.17) is 0 Å². The molecule has 10 heavy (non-hydrogen) atoms. The minimum Gasteiger partial charge on any atom is -0.257 e. The molecule has 0 spiro atoms. The third-order valence-electron chi connectivity index (χ3n) is 1.28. The molecular weight excluding hydrogens is 143 g/mol. The Morgan fingerprint density at radius 3 is 2.40 bits per heavy atom. The van der Waals surface area contributed by atoms with Crippen molar-refractivity contribution in [1.29, 1.82) is 0 Å². The number of hydrogen-bond donors (Lipinski definition) is 0. The van der Waals surface area contributed by atoms with Crippen molar-refractivity contribution < 1.29 is 0 Å². The Labute approximate surface area is 63.3 Å². The summed E-state index contributed by atoms with van der Waals surface area (Å²) < 4.78 is 0. The van der Waals surface area contributed by atoms with Crippen LogP contribution in [0.15, 0.2) is 12.4 Å². The molecule has 3 heteroatoms. The summed E-state index contributed by atoms with van der Waals surface area (Å²) in [6.45, 7) is 4.21. The lowest BCUT2D eigenvalue weighted by Crippen LogP contribution is -2.02. The monoisotopic (exact) mass is 154 g/mol. The van der Waals surface area contributed by atoms with E-state index in [1.807, 2.05) is 6.20 Å². The van der Waals surface area contributed by atoms with Gasteiger partial charge in [-0.2, -0.15) is 0 Å². The molecule has 2 nitrogen and oxygen atoms in total. The van der Waals surface area contributed by atoms with Crippen molar-refractivity contribution in [1.82, 2.24) is 9.97 Å². The van der Waals surface area contributed by atoms with E-state index < -0.39 is 0 Å². The van der Waals surface area contributed by atoms with Crippen LogP contribution in [0.5, 0.6) is 0 Å². The predicted octanol–water partition coefficient (Wildman–Crippen LogP) is 1.10. The van der Waals surface area contributed by atoms with Crippen LogP contribution < -0.4 is 5.44 Å². The van der Waals surface area contributed by atoms with Gasteiger partial charge in [0.25, 0.3) is 0 Å². The highest BCUT2D eigenvalue weighted by atomic mass is 31.0. The molecule has 1 unspecified atom stereocenters. The zero-order valence-corrected chi connectivity index (χ0v) is 7.36. The van der Waals surface area contributed by atoms with Gasteiger partial charge >= 0.3 is 0 Å². The van der Waals surface area contributed by atoms with Crippen molar-refractivity contribution in [3.8, 4) is 0 Å². The van der Waals surface area contributed by atoms with Crippen molar-refractivity contribution in [3.05, 3.63) is 18.1 Å². The van der Waals surface area contributed by atoms with E-state index in [2.05, 4.69) is 33.1 Å². The van der Waals surface area contributed by atoms with E-state index in [-0.39, 0.29) is 0 Å². The van der Waals surface area contributed by atoms with Crippen LogP contribution in [0.3, 0.4) is 0 Å². The second-order valence-corrected chi connectivity index (χ2v) is 3.11. The topological polar surface area (TPSA) is 25.8 Å². The summed E-state index contributed by atoms with van der Waals surface area (Å²) in [5, 5.41) is 0. The van der Waals surface area contributed by atoms with Crippen LogP contribution in [0.4, 0.5) is 0 Å². The summed E-state index contributed by atoms with van der Waals surface area (Å²) in [7, 11) is 2.51. The van der Waals surface area contributed by atoms with Crippen molar-refractivity contribution in [2.45, 2.75) is 19.8 Å². The molecule has 1 aromatic heterocycles. The Balaban J connectivity index is 2.89. The summed E-state index contributed by atoms with van der Waals surface area (Å²) in [5.74, 6) is 0.470. The fourth-order valence-corrected chi connectivity index (χ4v) is 0.795. The number of rotatable bonds is 1. The van der Waals surface area contributed by atoms with E-state index in [9.17, 15) is 0 Å². The van der Waals surface area contributed by atoms with Gasteiger partial charge in [0.05, 0.1) is 17.3 Å². The van der Waals surface area contributed by atoms with Gasteiger partial charge in [-0.05, 0) is 5.92 Å². The van der Waals surface area contributed by atoms with Crippen molar-refractivity contribution >= 4 is 14.7 Å². The highest BCUT2D eigenvalue weighted by Gasteiger charge is 1.98. The maximum atomic E-state index is 4.19. The average molecular weight is 154 g/mol. The lowest BCUT2D eigenvalue weighted by atomic mass is 10.1. The fraction of sp³-hybridized carbons (Fsp3) is 0.429. The first-order chi connectivity index (χ1) is 4.70. The van der Waals surface area contributed by atoms with Gasteiger partial charge in [0.15, 0.2) is 0 Å². The first-order valence-corrected chi connectivity index (χ1v) is 3.85. The SMILES string of the molecule is CC(C)c1cnc(P)cn1. The van der Waals surface area contributed by atoms with E-state index >= 15 is 0 Å². The molecule has 0 fully saturated rings. The van der Waals surface area contributed by atoms with Crippen LogP contribution in [0, 0.1) is 0 Å². The zero-order chi connectivity index (χ0) is 7.56. The molecular formula is C7H11N2P. The van der Waals surface area contributed by atoms with Crippen LogP contribution >= 0.6 is 9.24 Å². The molecule has 1 rings (SSSR count). The van der Waals surface area contributed by atoms with Crippen LogP contribution in [0.1, 0.15) is 25.5 Å². The van der Waals surface area contributed by atoms with E-state index in [0.29, 0.717) is 5.92 Å². The third kappa shape index (κ3) is 1.74. The Kier molecular flexibility index (Phi) is 2.34. The molecule has 0 aromatic carbocycles. The summed E-state index contributed by atoms with van der Waals surface area (Å²) in [5.41, 5.74) is 1.94. The summed E-state index contributed by atoms with van der Waals surface area (Å²) in [4.78, 5) is 8.30. The lowest BCUT2D eigenvalue weighted by molar-refractivity contribution is 0.815. The number of nitrogens with zero attached hydrogens (tertiary/aromatic N) is 2. The standard InChI is InChI=1S/C7H11N2P/c1-5(2)6-3-9-7(10)4-8-6/h3-5H,10H2,1-2H3. The first kappa shape index (κ1) is 7.62. The molecule has 0 radical (unpaired) electrons. The Hall–Kier alpha value is -0.490. The average Bonchev–Trinajstić information content (AvgIpc) is 1.88. The molecule has 0 amide bonds. The summed E-state index contributed by atoms with van der Waals surface area (Å²) in [6, 6.07) is 0. The predicted molar refractivity (Wildman–Crippen MR) is 45.5 cm³/mol. The normalized spacial score (nSPS) is 10.4. The highest BCUT2D eigenvalue weighted by Crippen LogP contribution is 2.07. The molecule has 0 aliphatic rings. The second-order valence-electron chi connectivity index (χ2n) is 2.52. The second kappa shape index (κ2) is 3.07. The molecule has 1 aromatic rings. The van der Waals surface area contributed by atoms with Gasteiger partial charge in [0.2, 0.25) is 0 Å². The zero-order valence-electron chi connectivity index (χ0n) is 6.20. The fourth-order valence-electron chi connectivity index (χ4n) is 0.646. The maximum absolute atomic E-state index is 4.19. The third-order valence-corrected chi connectivity index (χ3v) is 1.58. The highest BCUT2D eigenvalue weighted by molar-refractivity contribution is 7.26. The van der Waals surface area contributed by atoms with Crippen molar-refractivity contribution in [2.24, 2.45) is 0 Å². The van der Waals surface area contributed by atoms with Gasteiger partial charge in [0, 0.05) is 6.20 Å². The smallest absolute Gasteiger partial charge is 0.0751 e. The molecule has 0 N–H and O–H groups in total. The Morgan fingerprint density at radius 2 is 2.00 bits per heavy atom. The molecule has 0 aliphatic carbocycles. The lowest BCUT2D eigenvalue weighted by Gasteiger charge is -2.01. The molecule has 1 atom stereocenters. The molecule has 1 heterocycles. The molecule has 0 aliphatic heterocycles. The van der Waals surface area contributed by atoms with Crippen LogP contribution in [0.25, 0.3) is 0 Å². The van der Waals surface area contributed by atoms with Gasteiger partial charge in [-0.1, -0.05) is 23.1 Å². The number of hydrogen-bond acceptors (Lipinski definition) is 2. The number of aromatic nitrogens is 2. The minimum atomic E-state index is 0.470. The van der Waals surface area contributed by atoms with E-state index in [1.165, 1.54) is 0 Å². The molecule has 54 valence electrons. The van der Waals surface area contributed by atoms with Crippen molar-refractivity contribution in [3.63, 3.8) is 0 Å².